The van der Waals surface area contributed by atoms with Gasteiger partial charge in [-0.3, -0.25) is 9.59 Å². The predicted octanol–water partition coefficient (Wildman–Crippen LogP) is 1.63. The number of benzene rings is 1. The fraction of sp³-hybridized carbons (Fsp3) is 0.409. The number of halogens is 1. The molecule has 0 bridgehead atoms. The van der Waals surface area contributed by atoms with Crippen LogP contribution < -0.4 is 5.32 Å². The first-order valence-electron chi connectivity index (χ1n) is 10.6. The van der Waals surface area contributed by atoms with Crippen molar-refractivity contribution in [3.8, 4) is 5.95 Å². The summed E-state index contributed by atoms with van der Waals surface area (Å²) in [6.07, 6.45) is 4.28. The highest BCUT2D eigenvalue weighted by atomic mass is 19.1. The van der Waals surface area contributed by atoms with E-state index < -0.39 is 0 Å². The largest absolute Gasteiger partial charge is 0.380 e. The lowest BCUT2D eigenvalue weighted by Crippen LogP contribution is -2.51. The van der Waals surface area contributed by atoms with Crippen molar-refractivity contribution >= 4 is 22.7 Å². The second kappa shape index (κ2) is 8.27. The van der Waals surface area contributed by atoms with Crippen LogP contribution in [0.15, 0.2) is 30.6 Å². The van der Waals surface area contributed by atoms with Gasteiger partial charge in [0.2, 0.25) is 5.91 Å². The van der Waals surface area contributed by atoms with E-state index in [1.165, 1.54) is 29.2 Å². The number of nitrogens with one attached hydrogen (secondary N) is 1. The molecule has 2 aliphatic rings. The first-order chi connectivity index (χ1) is 15.5. The molecule has 5 rings (SSSR count). The SMILES string of the molecule is Cc1nn(-c2ncc(C(=O)NC3CCN(C(=O)C4COC4)CC3)cn2)c2cc(F)ccc12. The van der Waals surface area contributed by atoms with E-state index in [9.17, 15) is 14.0 Å². The van der Waals surface area contributed by atoms with Crippen molar-refractivity contribution in [2.24, 2.45) is 5.92 Å². The number of aromatic nitrogens is 4. The molecule has 0 aliphatic carbocycles. The molecule has 2 aromatic heterocycles. The number of likely N-dealkylation sites (tertiary alicyclic amines) is 1. The highest BCUT2D eigenvalue weighted by molar-refractivity contribution is 5.94. The van der Waals surface area contributed by atoms with Crippen LogP contribution in [0.4, 0.5) is 4.39 Å². The Balaban J connectivity index is 1.23. The molecule has 10 heteroatoms. The zero-order valence-electron chi connectivity index (χ0n) is 17.6. The number of carbonyl (C=O) groups is 2. The van der Waals surface area contributed by atoms with Crippen LogP contribution in [0.2, 0.25) is 0 Å². The number of ether oxygens (including phenoxy) is 1. The van der Waals surface area contributed by atoms with Crippen LogP contribution >= 0.6 is 0 Å². The Morgan fingerprint density at radius 2 is 1.88 bits per heavy atom. The summed E-state index contributed by atoms with van der Waals surface area (Å²) in [5.74, 6) is -0.239. The molecule has 4 heterocycles. The lowest BCUT2D eigenvalue weighted by molar-refractivity contribution is -0.150. The monoisotopic (exact) mass is 438 g/mol. The van der Waals surface area contributed by atoms with Gasteiger partial charge in [-0.1, -0.05) is 0 Å². The molecule has 0 radical (unpaired) electrons. The van der Waals surface area contributed by atoms with E-state index in [0.717, 1.165) is 11.1 Å². The number of aryl methyl sites for hydroxylation is 1. The van der Waals surface area contributed by atoms with E-state index in [1.54, 1.807) is 6.07 Å². The van der Waals surface area contributed by atoms with Crippen molar-refractivity contribution in [2.45, 2.75) is 25.8 Å². The van der Waals surface area contributed by atoms with Gasteiger partial charge < -0.3 is 15.0 Å². The number of nitrogens with zero attached hydrogens (tertiary/aromatic N) is 5. The number of hydrogen-bond donors (Lipinski definition) is 1. The number of fused-ring (bicyclic) bond motifs is 1. The van der Waals surface area contributed by atoms with Crippen molar-refractivity contribution in [3.63, 3.8) is 0 Å². The van der Waals surface area contributed by atoms with Gasteiger partial charge in [-0.2, -0.15) is 9.78 Å². The molecule has 1 aromatic carbocycles. The first-order valence-corrected chi connectivity index (χ1v) is 10.6. The molecule has 3 aromatic rings. The van der Waals surface area contributed by atoms with E-state index in [1.807, 2.05) is 11.8 Å². The Morgan fingerprint density at radius 1 is 1.16 bits per heavy atom. The number of hydrogen-bond acceptors (Lipinski definition) is 6. The number of piperidine rings is 1. The van der Waals surface area contributed by atoms with Crippen molar-refractivity contribution in [1.82, 2.24) is 30.0 Å². The molecule has 2 aliphatic heterocycles. The third kappa shape index (κ3) is 3.81. The standard InChI is InChI=1S/C22H23FN6O3/c1-13-18-3-2-16(23)8-19(18)29(27-13)22-24-9-14(10-25-22)20(30)26-17-4-6-28(7-5-17)21(31)15-11-32-12-15/h2-3,8-10,15,17H,4-7,11-12H2,1H3,(H,26,30). The maximum absolute atomic E-state index is 13.7. The minimum absolute atomic E-state index is 0.00968. The molecule has 0 unspecified atom stereocenters. The summed E-state index contributed by atoms with van der Waals surface area (Å²) >= 11 is 0. The Bertz CT molecular complexity index is 1170. The molecule has 0 saturated carbocycles. The Hall–Kier alpha value is -3.40. The van der Waals surface area contributed by atoms with Crippen LogP contribution in [0.25, 0.3) is 16.9 Å². The van der Waals surface area contributed by atoms with Crippen molar-refractivity contribution in [2.75, 3.05) is 26.3 Å². The molecule has 0 spiro atoms. The number of rotatable bonds is 4. The van der Waals surface area contributed by atoms with E-state index in [4.69, 9.17) is 4.74 Å². The minimum atomic E-state index is -0.372. The summed E-state index contributed by atoms with van der Waals surface area (Å²) < 4.78 is 20.3. The van der Waals surface area contributed by atoms with Gasteiger partial charge in [0.1, 0.15) is 5.82 Å². The summed E-state index contributed by atoms with van der Waals surface area (Å²) in [6.45, 7) is 4.09. The molecular weight excluding hydrogens is 415 g/mol. The van der Waals surface area contributed by atoms with Crippen LogP contribution in [0.3, 0.4) is 0 Å². The lowest BCUT2D eigenvalue weighted by Gasteiger charge is -2.36. The van der Waals surface area contributed by atoms with Gasteiger partial charge in [-0.25, -0.2) is 14.4 Å². The quantitative estimate of drug-likeness (QED) is 0.664. The molecule has 0 atom stereocenters. The maximum Gasteiger partial charge on any atom is 0.254 e. The molecule has 166 valence electrons. The molecule has 32 heavy (non-hydrogen) atoms. The average molecular weight is 438 g/mol. The van der Waals surface area contributed by atoms with Gasteiger partial charge >= 0.3 is 0 Å². The fourth-order valence-corrected chi connectivity index (χ4v) is 4.09. The van der Waals surface area contributed by atoms with Crippen LogP contribution in [0.1, 0.15) is 28.9 Å². The molecule has 2 saturated heterocycles. The second-order valence-corrected chi connectivity index (χ2v) is 8.24. The minimum Gasteiger partial charge on any atom is -0.380 e. The third-order valence-corrected chi connectivity index (χ3v) is 6.05. The van der Waals surface area contributed by atoms with Gasteiger partial charge in [0, 0.05) is 43.0 Å². The van der Waals surface area contributed by atoms with E-state index in [2.05, 4.69) is 20.4 Å². The highest BCUT2D eigenvalue weighted by Gasteiger charge is 2.33. The average Bonchev–Trinajstić information content (AvgIpc) is 3.08. The van der Waals surface area contributed by atoms with E-state index in [-0.39, 0.29) is 35.5 Å². The van der Waals surface area contributed by atoms with Gasteiger partial charge in [0.05, 0.1) is 35.9 Å². The second-order valence-electron chi connectivity index (χ2n) is 8.24. The van der Waals surface area contributed by atoms with Crippen LogP contribution in [-0.2, 0) is 9.53 Å². The fourth-order valence-electron chi connectivity index (χ4n) is 4.09. The lowest BCUT2D eigenvalue weighted by atomic mass is 10.0. The zero-order valence-corrected chi connectivity index (χ0v) is 17.6. The molecule has 2 fully saturated rings. The predicted molar refractivity (Wildman–Crippen MR) is 113 cm³/mol. The summed E-state index contributed by atoms with van der Waals surface area (Å²) in [4.78, 5) is 35.3. The maximum atomic E-state index is 13.7. The number of amides is 2. The normalized spacial score (nSPS) is 17.4. The zero-order chi connectivity index (χ0) is 22.2. The Labute approximate surface area is 183 Å². The van der Waals surface area contributed by atoms with Gasteiger partial charge in [0.15, 0.2) is 0 Å². The molecular formula is C22H23FN6O3. The molecule has 1 N–H and O–H groups in total. The Morgan fingerprint density at radius 3 is 2.53 bits per heavy atom. The summed E-state index contributed by atoms with van der Waals surface area (Å²) in [5, 5.41) is 8.21. The van der Waals surface area contributed by atoms with Crippen molar-refractivity contribution < 1.29 is 18.7 Å². The summed E-state index contributed by atoms with van der Waals surface area (Å²) in [5.41, 5.74) is 1.63. The van der Waals surface area contributed by atoms with Crippen molar-refractivity contribution in [1.29, 1.82) is 0 Å². The topological polar surface area (TPSA) is 102 Å². The van der Waals surface area contributed by atoms with Gasteiger partial charge in [0.25, 0.3) is 11.9 Å². The smallest absolute Gasteiger partial charge is 0.254 e. The third-order valence-electron chi connectivity index (χ3n) is 6.05. The van der Waals surface area contributed by atoms with Crippen molar-refractivity contribution in [3.05, 3.63) is 47.7 Å². The summed E-state index contributed by atoms with van der Waals surface area (Å²) in [7, 11) is 0. The van der Waals surface area contributed by atoms with Crippen LogP contribution in [0, 0.1) is 18.7 Å². The number of carbonyl (C=O) groups excluding carboxylic acids is 2. The van der Waals surface area contributed by atoms with Gasteiger partial charge in [-0.15, -0.1) is 0 Å². The summed E-state index contributed by atoms with van der Waals surface area (Å²) in [6, 6.07) is 4.43. The van der Waals surface area contributed by atoms with Crippen LogP contribution in [-0.4, -0.2) is 68.8 Å². The van der Waals surface area contributed by atoms with E-state index in [0.29, 0.717) is 50.2 Å². The Kier molecular flexibility index (Phi) is 5.30. The van der Waals surface area contributed by atoms with E-state index >= 15 is 0 Å². The molecule has 9 nitrogen and oxygen atoms in total. The van der Waals surface area contributed by atoms with Crippen LogP contribution in [0.5, 0.6) is 0 Å². The first kappa shape index (κ1) is 20.5. The van der Waals surface area contributed by atoms with Gasteiger partial charge in [-0.05, 0) is 31.9 Å². The highest BCUT2D eigenvalue weighted by Crippen LogP contribution is 2.21. The molecule has 2 amide bonds.